The predicted molar refractivity (Wildman–Crippen MR) is 110 cm³/mol. The minimum Gasteiger partial charge on any atom is -0.477 e. The van der Waals surface area contributed by atoms with Crippen LogP contribution in [0.2, 0.25) is 0 Å². The van der Waals surface area contributed by atoms with Crippen molar-refractivity contribution in [2.24, 2.45) is 29.4 Å². The lowest BCUT2D eigenvalue weighted by Crippen LogP contribution is -2.58. The van der Waals surface area contributed by atoms with Gasteiger partial charge in [-0.15, -0.1) is 0 Å². The third-order valence-electron chi connectivity index (χ3n) is 7.74. The van der Waals surface area contributed by atoms with Gasteiger partial charge in [-0.05, 0) is 74.5 Å². The molecule has 29 heavy (non-hydrogen) atoms. The second-order valence-electron chi connectivity index (χ2n) is 9.47. The van der Waals surface area contributed by atoms with Gasteiger partial charge in [0.2, 0.25) is 5.91 Å². The van der Waals surface area contributed by atoms with Crippen molar-refractivity contribution in [1.29, 1.82) is 0 Å². The Labute approximate surface area is 172 Å². The molecule has 6 rings (SSSR count). The molecule has 4 bridgehead atoms. The van der Waals surface area contributed by atoms with Gasteiger partial charge in [0.25, 0.3) is 5.91 Å². The Morgan fingerprint density at radius 1 is 1.10 bits per heavy atom. The van der Waals surface area contributed by atoms with Crippen LogP contribution in [0.3, 0.4) is 0 Å². The molecule has 156 valence electrons. The molecule has 4 fully saturated rings. The van der Waals surface area contributed by atoms with Crippen LogP contribution in [0.15, 0.2) is 24.3 Å². The van der Waals surface area contributed by atoms with Crippen LogP contribution in [-0.2, 0) is 9.59 Å². The molecule has 1 atom stereocenters. The van der Waals surface area contributed by atoms with Gasteiger partial charge in [0.05, 0.1) is 18.8 Å². The third kappa shape index (κ3) is 3.31. The van der Waals surface area contributed by atoms with E-state index in [-0.39, 0.29) is 12.5 Å². The highest BCUT2D eigenvalue weighted by Crippen LogP contribution is 2.55. The van der Waals surface area contributed by atoms with Crippen molar-refractivity contribution >= 4 is 17.5 Å². The van der Waals surface area contributed by atoms with Crippen molar-refractivity contribution in [1.82, 2.24) is 4.90 Å². The maximum atomic E-state index is 13.4. The van der Waals surface area contributed by atoms with Gasteiger partial charge in [-0.1, -0.05) is 19.1 Å². The topological polar surface area (TPSA) is 75.9 Å². The van der Waals surface area contributed by atoms with Crippen LogP contribution in [0.5, 0.6) is 5.75 Å². The summed E-state index contributed by atoms with van der Waals surface area (Å²) in [4.78, 5) is 29.3. The van der Waals surface area contributed by atoms with Gasteiger partial charge in [0.15, 0.2) is 6.10 Å². The lowest BCUT2D eigenvalue weighted by molar-refractivity contribution is -0.126. The number of fused-ring (bicyclic) bond motifs is 1. The Balaban J connectivity index is 1.35. The molecule has 1 aromatic carbocycles. The van der Waals surface area contributed by atoms with E-state index in [1.807, 2.05) is 18.2 Å². The van der Waals surface area contributed by atoms with Crippen LogP contribution in [0.4, 0.5) is 5.69 Å². The summed E-state index contributed by atoms with van der Waals surface area (Å²) in [5.74, 6) is 3.38. The smallest absolute Gasteiger partial charge is 0.260 e. The van der Waals surface area contributed by atoms with Gasteiger partial charge in [-0.2, -0.15) is 0 Å². The van der Waals surface area contributed by atoms with Gasteiger partial charge in [0, 0.05) is 6.04 Å². The number of primary amides is 1. The molecule has 5 aliphatic rings. The number of carbonyl (C=O) groups excluding carboxylic acids is 2. The minimum atomic E-state index is -0.801. The quantitative estimate of drug-likeness (QED) is 0.828. The third-order valence-corrected chi connectivity index (χ3v) is 7.74. The van der Waals surface area contributed by atoms with E-state index < -0.39 is 12.0 Å². The maximum Gasteiger partial charge on any atom is 0.260 e. The van der Waals surface area contributed by atoms with E-state index in [1.54, 1.807) is 11.0 Å². The number of hydrogen-bond acceptors (Lipinski definition) is 4. The molecule has 1 unspecified atom stereocenters. The summed E-state index contributed by atoms with van der Waals surface area (Å²) in [7, 11) is 0. The molecule has 4 aliphatic carbocycles. The average molecular weight is 398 g/mol. The lowest BCUT2D eigenvalue weighted by Gasteiger charge is -2.57. The normalized spacial score (nSPS) is 34.8. The van der Waals surface area contributed by atoms with Crippen molar-refractivity contribution in [2.75, 3.05) is 24.5 Å². The molecule has 1 heterocycles. The number of rotatable bonds is 5. The summed E-state index contributed by atoms with van der Waals surface area (Å²) >= 11 is 0. The summed E-state index contributed by atoms with van der Waals surface area (Å²) in [6, 6.07) is 7.93. The summed E-state index contributed by atoms with van der Waals surface area (Å²) in [5.41, 5.74) is 6.23. The zero-order valence-corrected chi connectivity index (χ0v) is 17.1. The van der Waals surface area contributed by atoms with E-state index in [2.05, 4.69) is 11.8 Å². The Hall–Kier alpha value is -2.08. The highest BCUT2D eigenvalue weighted by atomic mass is 16.5. The summed E-state index contributed by atoms with van der Waals surface area (Å²) in [6.07, 6.45) is 5.99. The molecule has 0 saturated heterocycles. The molecule has 0 radical (unpaired) electrons. The first-order chi connectivity index (χ1) is 14.0. The number of amides is 2. The average Bonchev–Trinajstić information content (AvgIpc) is 2.71. The van der Waals surface area contributed by atoms with Gasteiger partial charge in [-0.25, -0.2) is 0 Å². The molecule has 1 aromatic rings. The number of benzene rings is 1. The van der Waals surface area contributed by atoms with Crippen LogP contribution in [0.1, 0.15) is 39.0 Å². The second-order valence-corrected chi connectivity index (χ2v) is 9.47. The van der Waals surface area contributed by atoms with Gasteiger partial charge in [-0.3, -0.25) is 14.5 Å². The summed E-state index contributed by atoms with van der Waals surface area (Å²) < 4.78 is 5.72. The van der Waals surface area contributed by atoms with Crippen molar-refractivity contribution in [2.45, 2.75) is 51.2 Å². The number of likely N-dealkylation sites (N-methyl/N-ethyl adjacent to an activating group) is 1. The largest absolute Gasteiger partial charge is 0.477 e. The van der Waals surface area contributed by atoms with Crippen molar-refractivity contribution < 1.29 is 14.3 Å². The first-order valence-electron chi connectivity index (χ1n) is 11.1. The Morgan fingerprint density at radius 2 is 1.76 bits per heavy atom. The molecule has 1 aliphatic heterocycles. The summed E-state index contributed by atoms with van der Waals surface area (Å²) in [5, 5.41) is 0. The van der Waals surface area contributed by atoms with Crippen LogP contribution in [-0.4, -0.2) is 48.5 Å². The highest BCUT2D eigenvalue weighted by molar-refractivity contribution is 5.98. The van der Waals surface area contributed by atoms with Crippen molar-refractivity contribution in [3.63, 3.8) is 0 Å². The van der Waals surface area contributed by atoms with E-state index in [0.29, 0.717) is 18.3 Å². The van der Waals surface area contributed by atoms with Crippen molar-refractivity contribution in [3.8, 4) is 5.75 Å². The van der Waals surface area contributed by atoms with Crippen LogP contribution >= 0.6 is 0 Å². The Bertz CT molecular complexity index is 782. The zero-order chi connectivity index (χ0) is 20.1. The number of nitrogens with zero attached hydrogens (tertiary/aromatic N) is 2. The number of nitrogens with two attached hydrogens (primary N) is 1. The van der Waals surface area contributed by atoms with Gasteiger partial charge >= 0.3 is 0 Å². The van der Waals surface area contributed by atoms with Crippen molar-refractivity contribution in [3.05, 3.63) is 24.3 Å². The van der Waals surface area contributed by atoms with E-state index in [0.717, 1.165) is 35.9 Å². The van der Waals surface area contributed by atoms with Crippen LogP contribution < -0.4 is 15.4 Å². The van der Waals surface area contributed by atoms with Gasteiger partial charge < -0.3 is 15.4 Å². The summed E-state index contributed by atoms with van der Waals surface area (Å²) in [6.45, 7) is 3.62. The minimum absolute atomic E-state index is 0.0302. The Morgan fingerprint density at radius 3 is 2.38 bits per heavy atom. The van der Waals surface area contributed by atoms with Gasteiger partial charge in [0.1, 0.15) is 5.75 Å². The number of hydrogen-bond donors (Lipinski definition) is 1. The number of para-hydroxylation sites is 2. The first-order valence-corrected chi connectivity index (χ1v) is 11.1. The molecule has 6 heteroatoms. The molecule has 0 aromatic heterocycles. The molecule has 2 N–H and O–H groups in total. The monoisotopic (exact) mass is 397 g/mol. The van der Waals surface area contributed by atoms with E-state index in [4.69, 9.17) is 10.5 Å². The van der Waals surface area contributed by atoms with E-state index in [9.17, 15) is 9.59 Å². The molecule has 0 spiro atoms. The predicted octanol–water partition coefficient (Wildman–Crippen LogP) is 2.41. The Kier molecular flexibility index (Phi) is 4.77. The number of anilines is 1. The second kappa shape index (κ2) is 7.31. The SMILES string of the molecule is CCN(CC(=O)N1CC(C(N)=O)Oc2ccccc21)C1C2CC3CC(C2)CC1C3. The first kappa shape index (κ1) is 18.9. The van der Waals surface area contributed by atoms with Crippen LogP contribution in [0.25, 0.3) is 0 Å². The number of carbonyl (C=O) groups is 2. The fourth-order valence-corrected chi connectivity index (χ4v) is 6.80. The fraction of sp³-hybridized carbons (Fsp3) is 0.652. The standard InChI is InChI=1S/C23H31N3O3/c1-2-25(22-16-8-14-7-15(10-16)11-17(22)9-14)13-21(27)26-12-20(23(24)28)29-19-6-4-3-5-18(19)26/h3-6,14-17,20,22H,2,7-13H2,1H3,(H2,24,28). The molecule has 6 nitrogen and oxygen atoms in total. The fourth-order valence-electron chi connectivity index (χ4n) is 6.80. The zero-order valence-electron chi connectivity index (χ0n) is 17.1. The maximum absolute atomic E-state index is 13.4. The molecular weight excluding hydrogens is 366 g/mol. The van der Waals surface area contributed by atoms with Crippen LogP contribution in [0, 0.1) is 23.7 Å². The number of ether oxygens (including phenoxy) is 1. The van der Waals surface area contributed by atoms with E-state index >= 15 is 0 Å². The van der Waals surface area contributed by atoms with E-state index in [1.165, 1.54) is 32.1 Å². The molecule has 2 amide bonds. The molecular formula is C23H31N3O3. The molecule has 4 saturated carbocycles. The lowest BCUT2D eigenvalue weighted by atomic mass is 9.54. The highest BCUT2D eigenvalue weighted by Gasteiger charge is 2.50.